The lowest BCUT2D eigenvalue weighted by Gasteiger charge is -2.58. The molecule has 0 heterocycles. The zero-order chi connectivity index (χ0) is 12.7. The largest absolute Gasteiger partial charge is 0.396 e. The van der Waals surface area contributed by atoms with Gasteiger partial charge in [0, 0.05) is 6.61 Å². The maximum atomic E-state index is 9.42. The quantitative estimate of drug-likeness (QED) is 0.714. The van der Waals surface area contributed by atoms with Crippen molar-refractivity contribution in [3.63, 3.8) is 0 Å². The molecule has 0 aromatic heterocycles. The van der Waals surface area contributed by atoms with Gasteiger partial charge in [-0.1, -0.05) is 32.9 Å². The van der Waals surface area contributed by atoms with Crippen LogP contribution in [0.5, 0.6) is 0 Å². The minimum atomic E-state index is 0.311. The van der Waals surface area contributed by atoms with Gasteiger partial charge in [-0.3, -0.25) is 0 Å². The summed E-state index contributed by atoms with van der Waals surface area (Å²) >= 11 is 0. The molecule has 2 rings (SSSR count). The van der Waals surface area contributed by atoms with Crippen molar-refractivity contribution in [1.29, 1.82) is 0 Å². The van der Waals surface area contributed by atoms with E-state index in [0.717, 1.165) is 18.3 Å². The summed E-state index contributed by atoms with van der Waals surface area (Å²) in [7, 11) is 0. The summed E-state index contributed by atoms with van der Waals surface area (Å²) in [5.74, 6) is 1.46. The molecule has 2 saturated carbocycles. The molecule has 1 heteroatoms. The van der Waals surface area contributed by atoms with Gasteiger partial charge in [0.25, 0.3) is 0 Å². The summed E-state index contributed by atoms with van der Waals surface area (Å²) in [4.78, 5) is 0. The number of hydrogen-bond donors (Lipinski definition) is 1. The maximum absolute atomic E-state index is 9.42. The van der Waals surface area contributed by atoms with Crippen LogP contribution < -0.4 is 0 Å². The Morgan fingerprint density at radius 1 is 1.35 bits per heavy atom. The number of hydrogen-bond acceptors (Lipinski definition) is 1. The molecule has 0 amide bonds. The van der Waals surface area contributed by atoms with E-state index in [-0.39, 0.29) is 0 Å². The van der Waals surface area contributed by atoms with E-state index in [2.05, 4.69) is 27.4 Å². The summed E-state index contributed by atoms with van der Waals surface area (Å²) in [5, 5.41) is 9.42. The van der Waals surface area contributed by atoms with Crippen LogP contribution in [0.3, 0.4) is 0 Å². The topological polar surface area (TPSA) is 20.2 Å². The lowest BCUT2D eigenvalue weighted by Crippen LogP contribution is -2.50. The lowest BCUT2D eigenvalue weighted by atomic mass is 9.46. The second-order valence-corrected chi connectivity index (χ2v) is 6.88. The fourth-order valence-corrected chi connectivity index (χ4v) is 4.63. The number of fused-ring (bicyclic) bond motifs is 1. The molecule has 1 nitrogen and oxygen atoms in total. The molecule has 98 valence electrons. The van der Waals surface area contributed by atoms with Gasteiger partial charge in [-0.05, 0) is 61.2 Å². The molecule has 0 bridgehead atoms. The molecule has 4 atom stereocenters. The van der Waals surface area contributed by atoms with Gasteiger partial charge in [-0.2, -0.15) is 0 Å². The van der Waals surface area contributed by atoms with Gasteiger partial charge in [0.05, 0.1) is 0 Å². The lowest BCUT2D eigenvalue weighted by molar-refractivity contribution is -0.0619. The van der Waals surface area contributed by atoms with Crippen molar-refractivity contribution in [3.05, 3.63) is 12.2 Å². The van der Waals surface area contributed by atoms with Crippen molar-refractivity contribution in [2.75, 3.05) is 6.61 Å². The molecule has 0 saturated heterocycles. The van der Waals surface area contributed by atoms with Crippen molar-refractivity contribution in [2.24, 2.45) is 22.7 Å². The molecule has 0 spiro atoms. The monoisotopic (exact) mass is 236 g/mol. The van der Waals surface area contributed by atoms with Crippen LogP contribution in [-0.4, -0.2) is 11.7 Å². The van der Waals surface area contributed by atoms with E-state index in [1.807, 2.05) is 0 Å². The first-order valence-electron chi connectivity index (χ1n) is 7.24. The molecule has 2 aliphatic rings. The second-order valence-electron chi connectivity index (χ2n) is 6.88. The van der Waals surface area contributed by atoms with Gasteiger partial charge >= 0.3 is 0 Å². The zero-order valence-electron chi connectivity index (χ0n) is 11.8. The Balaban J connectivity index is 2.34. The molecule has 0 aromatic carbocycles. The predicted molar refractivity (Wildman–Crippen MR) is 72.8 cm³/mol. The molecule has 2 fully saturated rings. The summed E-state index contributed by atoms with van der Waals surface area (Å²) < 4.78 is 0. The van der Waals surface area contributed by atoms with E-state index >= 15 is 0 Å². The predicted octanol–water partition coefficient (Wildman–Crippen LogP) is 4.17. The molecular weight excluding hydrogens is 208 g/mol. The van der Waals surface area contributed by atoms with Crippen LogP contribution in [0.1, 0.15) is 59.3 Å². The molecular formula is C16H28O. The van der Waals surface area contributed by atoms with Gasteiger partial charge in [-0.15, -0.1) is 0 Å². The molecule has 0 unspecified atom stereocenters. The highest BCUT2D eigenvalue weighted by Gasteiger charge is 2.53. The first-order chi connectivity index (χ1) is 7.95. The highest BCUT2D eigenvalue weighted by atomic mass is 16.3. The Morgan fingerprint density at radius 2 is 2.06 bits per heavy atom. The van der Waals surface area contributed by atoms with E-state index in [9.17, 15) is 5.11 Å². The Bertz CT molecular complexity index is 309. The third-order valence-corrected chi connectivity index (χ3v) is 6.22. The number of allylic oxidation sites excluding steroid dienone is 1. The SMILES string of the molecule is C=C1CCC[C@H]2[C@](C)(CCO)[C@@H](C)CC[C@]12C. The Hall–Kier alpha value is -0.300. The Kier molecular flexibility index (Phi) is 3.42. The molecule has 2 aliphatic carbocycles. The normalized spacial score (nSPS) is 46.7. The molecule has 0 aromatic rings. The Labute approximate surface area is 106 Å². The first kappa shape index (κ1) is 13.1. The maximum Gasteiger partial charge on any atom is 0.0436 e. The highest BCUT2D eigenvalue weighted by Crippen LogP contribution is 2.62. The van der Waals surface area contributed by atoms with E-state index in [1.165, 1.54) is 37.7 Å². The fraction of sp³-hybridized carbons (Fsp3) is 0.875. The van der Waals surface area contributed by atoms with Crippen molar-refractivity contribution in [3.8, 4) is 0 Å². The van der Waals surface area contributed by atoms with Crippen LogP contribution in [-0.2, 0) is 0 Å². The number of aliphatic hydroxyl groups excluding tert-OH is 1. The Morgan fingerprint density at radius 3 is 2.71 bits per heavy atom. The van der Waals surface area contributed by atoms with Crippen LogP contribution >= 0.6 is 0 Å². The third-order valence-electron chi connectivity index (χ3n) is 6.22. The first-order valence-corrected chi connectivity index (χ1v) is 7.24. The van der Waals surface area contributed by atoms with Gasteiger partial charge in [0.2, 0.25) is 0 Å². The summed E-state index contributed by atoms with van der Waals surface area (Å²) in [6, 6.07) is 0. The average Bonchev–Trinajstić information content (AvgIpc) is 2.28. The molecule has 0 radical (unpaired) electrons. The van der Waals surface area contributed by atoms with Crippen LogP contribution in [0.2, 0.25) is 0 Å². The van der Waals surface area contributed by atoms with Gasteiger partial charge in [0.15, 0.2) is 0 Å². The smallest absolute Gasteiger partial charge is 0.0436 e. The molecule has 0 aliphatic heterocycles. The van der Waals surface area contributed by atoms with Crippen LogP contribution in [0.25, 0.3) is 0 Å². The van der Waals surface area contributed by atoms with Crippen molar-refractivity contribution in [1.82, 2.24) is 0 Å². The van der Waals surface area contributed by atoms with Gasteiger partial charge < -0.3 is 5.11 Å². The van der Waals surface area contributed by atoms with E-state index < -0.39 is 0 Å². The van der Waals surface area contributed by atoms with Crippen molar-refractivity contribution >= 4 is 0 Å². The fourth-order valence-electron chi connectivity index (χ4n) is 4.63. The number of aliphatic hydroxyl groups is 1. The zero-order valence-corrected chi connectivity index (χ0v) is 11.8. The standard InChI is InChI=1S/C16H28O/c1-12-6-5-7-14-15(12,3)9-8-13(2)16(14,4)10-11-17/h13-14,17H,1,5-11H2,2-4H3/t13-,14+,15+,16+/m0/s1. The molecule has 17 heavy (non-hydrogen) atoms. The summed E-state index contributed by atoms with van der Waals surface area (Å²) in [6.45, 7) is 11.9. The second kappa shape index (κ2) is 4.42. The minimum Gasteiger partial charge on any atom is -0.396 e. The van der Waals surface area contributed by atoms with Crippen LogP contribution in [0.15, 0.2) is 12.2 Å². The van der Waals surface area contributed by atoms with E-state index in [1.54, 1.807) is 0 Å². The molecule has 1 N–H and O–H groups in total. The van der Waals surface area contributed by atoms with Crippen LogP contribution in [0.4, 0.5) is 0 Å². The summed E-state index contributed by atoms with van der Waals surface area (Å²) in [5.41, 5.74) is 2.13. The summed E-state index contributed by atoms with van der Waals surface area (Å²) in [6.07, 6.45) is 7.41. The minimum absolute atomic E-state index is 0.311. The van der Waals surface area contributed by atoms with E-state index in [4.69, 9.17) is 0 Å². The third kappa shape index (κ3) is 1.87. The van der Waals surface area contributed by atoms with Crippen molar-refractivity contribution < 1.29 is 5.11 Å². The number of rotatable bonds is 2. The van der Waals surface area contributed by atoms with Crippen molar-refractivity contribution in [2.45, 2.75) is 59.3 Å². The van der Waals surface area contributed by atoms with Crippen LogP contribution in [0, 0.1) is 22.7 Å². The average molecular weight is 236 g/mol. The van der Waals surface area contributed by atoms with Gasteiger partial charge in [0.1, 0.15) is 0 Å². The van der Waals surface area contributed by atoms with E-state index in [0.29, 0.717) is 17.4 Å². The van der Waals surface area contributed by atoms with Gasteiger partial charge in [-0.25, -0.2) is 0 Å². The highest BCUT2D eigenvalue weighted by molar-refractivity contribution is 5.18.